The van der Waals surface area contributed by atoms with Gasteiger partial charge in [0.15, 0.2) is 0 Å². The van der Waals surface area contributed by atoms with Crippen molar-refractivity contribution in [3.63, 3.8) is 0 Å². The van der Waals surface area contributed by atoms with E-state index in [2.05, 4.69) is 15.4 Å². The molecule has 0 unspecified atom stereocenters. The highest BCUT2D eigenvalue weighted by molar-refractivity contribution is 7.89. The van der Waals surface area contributed by atoms with Gasteiger partial charge in [-0.05, 0) is 29.7 Å². The molecular formula is C27H28F3N3O3S. The van der Waals surface area contributed by atoms with E-state index in [-0.39, 0.29) is 24.8 Å². The molecule has 1 heterocycles. The number of rotatable bonds is 8. The second-order valence-corrected chi connectivity index (χ2v) is 10.7. The highest BCUT2D eigenvalue weighted by atomic mass is 32.2. The lowest BCUT2D eigenvalue weighted by Gasteiger charge is -2.30. The van der Waals surface area contributed by atoms with Gasteiger partial charge in [-0.1, -0.05) is 72.8 Å². The second kappa shape index (κ2) is 11.5. The minimum atomic E-state index is -4.81. The van der Waals surface area contributed by atoms with Crippen LogP contribution in [-0.4, -0.2) is 40.0 Å². The maximum absolute atomic E-state index is 13.4. The van der Waals surface area contributed by atoms with Crippen LogP contribution in [-0.2, 0) is 21.0 Å². The molecule has 1 aliphatic heterocycles. The van der Waals surface area contributed by atoms with Crippen LogP contribution in [0.1, 0.15) is 29.0 Å². The van der Waals surface area contributed by atoms with Crippen molar-refractivity contribution >= 4 is 15.9 Å². The molecule has 0 bridgehead atoms. The number of hydrogen-bond acceptors (Lipinski definition) is 4. The van der Waals surface area contributed by atoms with E-state index in [1.165, 1.54) is 6.07 Å². The predicted molar refractivity (Wildman–Crippen MR) is 134 cm³/mol. The zero-order chi connectivity index (χ0) is 26.5. The first-order valence-electron chi connectivity index (χ1n) is 11.9. The van der Waals surface area contributed by atoms with Crippen LogP contribution in [0, 0.1) is 5.92 Å². The zero-order valence-corrected chi connectivity index (χ0v) is 20.7. The normalized spacial score (nSPS) is 18.5. The van der Waals surface area contributed by atoms with E-state index in [0.29, 0.717) is 13.1 Å². The van der Waals surface area contributed by atoms with E-state index in [1.54, 1.807) is 0 Å². The van der Waals surface area contributed by atoms with Gasteiger partial charge in [0, 0.05) is 31.6 Å². The van der Waals surface area contributed by atoms with Gasteiger partial charge in [-0.3, -0.25) is 4.79 Å². The van der Waals surface area contributed by atoms with Gasteiger partial charge in [-0.2, -0.15) is 13.2 Å². The minimum absolute atomic E-state index is 0.0731. The summed E-state index contributed by atoms with van der Waals surface area (Å²) < 4.78 is 68.1. The van der Waals surface area contributed by atoms with Crippen LogP contribution < -0.4 is 15.4 Å². The lowest BCUT2D eigenvalue weighted by Crippen LogP contribution is -2.52. The van der Waals surface area contributed by atoms with Gasteiger partial charge < -0.3 is 10.6 Å². The molecule has 1 saturated heterocycles. The number of sulfonamides is 1. The van der Waals surface area contributed by atoms with Crippen LogP contribution in [0.2, 0.25) is 0 Å². The standard InChI is InChI=1S/C27H28F3N3O3S/c28-27(29,30)24-13-7-8-14-25(24)37(35,36)33-22-15-21(16-31-17-22)26(34)32-18-23(19-9-3-1-4-10-19)20-11-5-2-6-12-20/h1-14,21-23,31,33H,15-18H2,(H,32,34)/t21-,22+/m0/s1. The van der Waals surface area contributed by atoms with Crippen molar-refractivity contribution < 1.29 is 26.4 Å². The molecule has 6 nitrogen and oxygen atoms in total. The van der Waals surface area contributed by atoms with Crippen molar-refractivity contribution in [1.29, 1.82) is 0 Å². The summed E-state index contributed by atoms with van der Waals surface area (Å²) in [5.41, 5.74) is 0.864. The third-order valence-corrected chi connectivity index (χ3v) is 7.99. The number of carbonyl (C=O) groups is 1. The molecule has 3 N–H and O–H groups in total. The number of halogens is 3. The molecule has 1 aliphatic rings. The molecule has 0 aromatic heterocycles. The molecule has 0 spiro atoms. The molecule has 4 rings (SSSR count). The zero-order valence-electron chi connectivity index (χ0n) is 19.9. The van der Waals surface area contributed by atoms with Gasteiger partial charge in [0.2, 0.25) is 15.9 Å². The lowest BCUT2D eigenvalue weighted by molar-refractivity contribution is -0.139. The van der Waals surface area contributed by atoms with Crippen molar-refractivity contribution in [2.75, 3.05) is 19.6 Å². The van der Waals surface area contributed by atoms with Crippen LogP contribution in [0.15, 0.2) is 89.8 Å². The Morgan fingerprint density at radius 3 is 2.05 bits per heavy atom. The largest absolute Gasteiger partial charge is 0.417 e. The maximum atomic E-state index is 13.4. The molecule has 2 atom stereocenters. The Kier molecular flexibility index (Phi) is 8.31. The van der Waals surface area contributed by atoms with Gasteiger partial charge in [-0.15, -0.1) is 0 Å². The summed E-state index contributed by atoms with van der Waals surface area (Å²) in [5.74, 6) is -0.869. The summed E-state index contributed by atoms with van der Waals surface area (Å²) in [6, 6.07) is 22.9. The fourth-order valence-corrected chi connectivity index (χ4v) is 6.07. The van der Waals surface area contributed by atoms with Gasteiger partial charge in [0.1, 0.15) is 0 Å². The Balaban J connectivity index is 1.43. The fraction of sp³-hybridized carbons (Fsp3) is 0.296. The van der Waals surface area contributed by atoms with Crippen LogP contribution >= 0.6 is 0 Å². The van der Waals surface area contributed by atoms with E-state index < -0.39 is 38.6 Å². The van der Waals surface area contributed by atoms with E-state index in [9.17, 15) is 26.4 Å². The van der Waals surface area contributed by atoms with Crippen LogP contribution in [0.4, 0.5) is 13.2 Å². The number of piperidine rings is 1. The Hall–Kier alpha value is -3.21. The molecule has 0 aliphatic carbocycles. The first-order chi connectivity index (χ1) is 17.6. The lowest BCUT2D eigenvalue weighted by atomic mass is 9.90. The van der Waals surface area contributed by atoms with Gasteiger partial charge in [0.25, 0.3) is 0 Å². The van der Waals surface area contributed by atoms with E-state index >= 15 is 0 Å². The molecule has 0 radical (unpaired) electrons. The van der Waals surface area contributed by atoms with E-state index in [1.807, 2.05) is 60.7 Å². The Labute approximate surface area is 214 Å². The number of hydrogen-bond donors (Lipinski definition) is 3. The molecule has 3 aromatic rings. The Morgan fingerprint density at radius 1 is 0.892 bits per heavy atom. The number of amides is 1. The summed E-state index contributed by atoms with van der Waals surface area (Å²) in [4.78, 5) is 12.2. The number of carbonyl (C=O) groups excluding carboxylic acids is 1. The van der Waals surface area contributed by atoms with Crippen LogP contribution in [0.25, 0.3) is 0 Å². The third-order valence-electron chi connectivity index (χ3n) is 6.41. The van der Waals surface area contributed by atoms with Crippen molar-refractivity contribution in [3.05, 3.63) is 102 Å². The molecular weight excluding hydrogens is 503 g/mol. The average Bonchev–Trinajstić information content (AvgIpc) is 2.89. The summed E-state index contributed by atoms with van der Waals surface area (Å²) in [6.07, 6.45) is -4.65. The SMILES string of the molecule is O=C(NCC(c1ccccc1)c1ccccc1)[C@@H]1CNC[C@H](NS(=O)(=O)c2ccccc2C(F)(F)F)C1. The summed E-state index contributed by atoms with van der Waals surface area (Å²) >= 11 is 0. The molecule has 1 amide bonds. The maximum Gasteiger partial charge on any atom is 0.417 e. The van der Waals surface area contributed by atoms with Crippen molar-refractivity contribution in [2.24, 2.45) is 5.92 Å². The van der Waals surface area contributed by atoms with Crippen LogP contribution in [0.5, 0.6) is 0 Å². The Morgan fingerprint density at radius 2 is 1.46 bits per heavy atom. The number of benzene rings is 3. The summed E-state index contributed by atoms with van der Waals surface area (Å²) in [5, 5.41) is 6.01. The van der Waals surface area contributed by atoms with Gasteiger partial charge >= 0.3 is 6.18 Å². The number of nitrogens with one attached hydrogen (secondary N) is 3. The molecule has 1 fully saturated rings. The highest BCUT2D eigenvalue weighted by Gasteiger charge is 2.38. The average molecular weight is 532 g/mol. The molecule has 3 aromatic carbocycles. The third kappa shape index (κ3) is 6.76. The highest BCUT2D eigenvalue weighted by Crippen LogP contribution is 2.34. The van der Waals surface area contributed by atoms with Crippen LogP contribution in [0.3, 0.4) is 0 Å². The van der Waals surface area contributed by atoms with Crippen molar-refractivity contribution in [1.82, 2.24) is 15.4 Å². The summed E-state index contributed by atoms with van der Waals surface area (Å²) in [6.45, 7) is 0.886. The molecule has 10 heteroatoms. The Bertz CT molecular complexity index is 1260. The predicted octanol–water partition coefficient (Wildman–Crippen LogP) is 3.91. The summed E-state index contributed by atoms with van der Waals surface area (Å²) in [7, 11) is -4.46. The first kappa shape index (κ1) is 26.8. The number of alkyl halides is 3. The molecule has 196 valence electrons. The monoisotopic (exact) mass is 531 g/mol. The van der Waals surface area contributed by atoms with Gasteiger partial charge in [0.05, 0.1) is 16.4 Å². The quantitative estimate of drug-likeness (QED) is 0.412. The fourth-order valence-electron chi connectivity index (χ4n) is 4.60. The van der Waals surface area contributed by atoms with Gasteiger partial charge in [-0.25, -0.2) is 13.1 Å². The first-order valence-corrected chi connectivity index (χ1v) is 13.4. The van der Waals surface area contributed by atoms with E-state index in [4.69, 9.17) is 0 Å². The van der Waals surface area contributed by atoms with Crippen molar-refractivity contribution in [3.8, 4) is 0 Å². The van der Waals surface area contributed by atoms with Crippen molar-refractivity contribution in [2.45, 2.75) is 29.5 Å². The smallest absolute Gasteiger partial charge is 0.355 e. The topological polar surface area (TPSA) is 87.3 Å². The van der Waals surface area contributed by atoms with E-state index in [0.717, 1.165) is 29.3 Å². The molecule has 0 saturated carbocycles. The second-order valence-electron chi connectivity index (χ2n) is 9.02. The molecule has 37 heavy (non-hydrogen) atoms. The minimum Gasteiger partial charge on any atom is -0.355 e.